The first-order valence-corrected chi connectivity index (χ1v) is 8.52. The molecule has 1 aromatic rings. The zero-order chi connectivity index (χ0) is 18.4. The summed E-state index contributed by atoms with van der Waals surface area (Å²) in [5.41, 5.74) is 0.493. The number of hydrogen-bond donors (Lipinski definition) is 1. The van der Waals surface area contributed by atoms with Crippen molar-refractivity contribution in [3.05, 3.63) is 42.0 Å². The number of para-hydroxylation sites is 1. The highest BCUT2D eigenvalue weighted by Crippen LogP contribution is 2.52. The molecule has 1 saturated carbocycles. The number of benzene rings is 1. The second-order valence-corrected chi connectivity index (χ2v) is 6.85. The largest absolute Gasteiger partial charge is 0.465 e. The van der Waals surface area contributed by atoms with Gasteiger partial charge in [0.1, 0.15) is 6.54 Å². The molecule has 7 nitrogen and oxygen atoms in total. The van der Waals surface area contributed by atoms with E-state index >= 15 is 0 Å². The van der Waals surface area contributed by atoms with Gasteiger partial charge in [-0.05, 0) is 30.4 Å². The molecule has 1 heterocycles. The molecule has 0 spiro atoms. The number of carbonyl (C=O) groups is 4. The Hall–Kier alpha value is -2.96. The Kier molecular flexibility index (Phi) is 3.86. The van der Waals surface area contributed by atoms with Crippen molar-refractivity contribution in [2.24, 2.45) is 23.7 Å². The molecule has 2 fully saturated rings. The molecule has 2 bridgehead atoms. The van der Waals surface area contributed by atoms with E-state index in [-0.39, 0.29) is 53.3 Å². The number of esters is 1. The molecule has 0 unspecified atom stereocenters. The summed E-state index contributed by atoms with van der Waals surface area (Å²) in [5.74, 6) is -2.08. The number of rotatable bonds is 4. The normalized spacial score (nSPS) is 28.4. The van der Waals surface area contributed by atoms with E-state index in [4.69, 9.17) is 4.74 Å². The lowest BCUT2D eigenvalue weighted by molar-refractivity contribution is -0.143. The average molecular weight is 354 g/mol. The molecule has 7 heteroatoms. The van der Waals surface area contributed by atoms with Gasteiger partial charge in [0.05, 0.1) is 30.2 Å². The molecule has 0 aromatic heterocycles. The quantitative estimate of drug-likeness (QED) is 0.499. The van der Waals surface area contributed by atoms with Crippen LogP contribution in [0.3, 0.4) is 0 Å². The van der Waals surface area contributed by atoms with Crippen LogP contribution in [-0.4, -0.2) is 42.2 Å². The van der Waals surface area contributed by atoms with Gasteiger partial charge in [0.15, 0.2) is 0 Å². The maximum Gasteiger partial charge on any atom is 0.339 e. The fraction of sp³-hybridized carbons (Fsp3) is 0.368. The van der Waals surface area contributed by atoms with E-state index in [0.29, 0.717) is 0 Å². The fourth-order valence-corrected chi connectivity index (χ4v) is 4.33. The summed E-state index contributed by atoms with van der Waals surface area (Å²) in [6.45, 7) is -0.348. The third kappa shape index (κ3) is 2.42. The van der Waals surface area contributed by atoms with Gasteiger partial charge in [-0.1, -0.05) is 24.3 Å². The summed E-state index contributed by atoms with van der Waals surface area (Å²) >= 11 is 0. The van der Waals surface area contributed by atoms with E-state index in [9.17, 15) is 19.2 Å². The van der Waals surface area contributed by atoms with Crippen molar-refractivity contribution in [3.8, 4) is 0 Å². The van der Waals surface area contributed by atoms with Crippen LogP contribution in [0.15, 0.2) is 36.4 Å². The van der Waals surface area contributed by atoms with Crippen molar-refractivity contribution in [1.82, 2.24) is 4.90 Å². The Bertz CT molecular complexity index is 816. The van der Waals surface area contributed by atoms with Crippen LogP contribution in [0.25, 0.3) is 0 Å². The molecular weight excluding hydrogens is 336 g/mol. The monoisotopic (exact) mass is 354 g/mol. The number of allylic oxidation sites excluding steroid dienone is 2. The predicted molar refractivity (Wildman–Crippen MR) is 90.8 cm³/mol. The Morgan fingerprint density at radius 3 is 2.35 bits per heavy atom. The Labute approximate surface area is 150 Å². The molecule has 4 atom stereocenters. The lowest BCUT2D eigenvalue weighted by Crippen LogP contribution is -2.39. The molecule has 1 aromatic carbocycles. The van der Waals surface area contributed by atoms with Crippen LogP contribution in [0.1, 0.15) is 16.8 Å². The Morgan fingerprint density at radius 1 is 1.12 bits per heavy atom. The average Bonchev–Trinajstić information content (AvgIpc) is 3.31. The highest BCUT2D eigenvalue weighted by atomic mass is 16.5. The minimum atomic E-state index is -0.577. The molecule has 1 saturated heterocycles. The van der Waals surface area contributed by atoms with Crippen molar-refractivity contribution in [2.45, 2.75) is 6.42 Å². The number of nitrogens with one attached hydrogen (secondary N) is 1. The third-order valence-corrected chi connectivity index (χ3v) is 5.47. The first kappa shape index (κ1) is 16.5. The molecular formula is C19H18N2O5. The Morgan fingerprint density at radius 2 is 1.73 bits per heavy atom. The summed E-state index contributed by atoms with van der Waals surface area (Å²) in [6, 6.07) is 6.42. The lowest BCUT2D eigenvalue weighted by atomic mass is 9.85. The van der Waals surface area contributed by atoms with Crippen LogP contribution < -0.4 is 5.32 Å². The van der Waals surface area contributed by atoms with Gasteiger partial charge in [0.2, 0.25) is 17.7 Å². The molecule has 2 aliphatic carbocycles. The second kappa shape index (κ2) is 6.09. The number of anilines is 1. The van der Waals surface area contributed by atoms with Crippen molar-refractivity contribution < 1.29 is 23.9 Å². The van der Waals surface area contributed by atoms with Gasteiger partial charge in [0, 0.05) is 0 Å². The molecule has 0 radical (unpaired) electrons. The van der Waals surface area contributed by atoms with Crippen LogP contribution in [0.2, 0.25) is 0 Å². The summed E-state index contributed by atoms with van der Waals surface area (Å²) < 4.78 is 4.69. The molecule has 1 N–H and O–H groups in total. The van der Waals surface area contributed by atoms with E-state index in [1.54, 1.807) is 18.2 Å². The van der Waals surface area contributed by atoms with Gasteiger partial charge < -0.3 is 10.1 Å². The van der Waals surface area contributed by atoms with E-state index < -0.39 is 11.9 Å². The zero-order valence-corrected chi connectivity index (χ0v) is 14.2. The lowest BCUT2D eigenvalue weighted by Gasteiger charge is -2.17. The first-order chi connectivity index (χ1) is 12.5. The van der Waals surface area contributed by atoms with Gasteiger partial charge in [-0.25, -0.2) is 4.79 Å². The summed E-state index contributed by atoms with van der Waals surface area (Å²) in [6.07, 6.45) is 4.86. The fourth-order valence-electron chi connectivity index (χ4n) is 4.33. The van der Waals surface area contributed by atoms with Gasteiger partial charge in [-0.2, -0.15) is 0 Å². The van der Waals surface area contributed by atoms with Gasteiger partial charge in [-0.3, -0.25) is 19.3 Å². The number of hydrogen-bond acceptors (Lipinski definition) is 5. The molecule has 26 heavy (non-hydrogen) atoms. The zero-order valence-electron chi connectivity index (χ0n) is 14.2. The molecule has 4 rings (SSSR count). The van der Waals surface area contributed by atoms with Crippen molar-refractivity contribution in [2.75, 3.05) is 19.0 Å². The molecule has 3 amide bonds. The smallest absolute Gasteiger partial charge is 0.339 e. The standard InChI is InChI=1S/C19H18N2O5/c1-26-19(25)12-4-2-3-5-13(12)20-14(22)9-21-17(23)15-10-6-7-11(8-10)16(15)18(21)24/h2-7,10-11,15-16H,8-9H2,1H3,(H,20,22)/t10-,11+,15-,16+. The highest BCUT2D eigenvalue weighted by molar-refractivity contribution is 6.10. The molecule has 3 aliphatic rings. The minimum absolute atomic E-state index is 0.106. The van der Waals surface area contributed by atoms with E-state index in [1.807, 2.05) is 12.2 Å². The number of imide groups is 1. The van der Waals surface area contributed by atoms with Gasteiger partial charge in [-0.15, -0.1) is 0 Å². The predicted octanol–water partition coefficient (Wildman–Crippen LogP) is 1.22. The van der Waals surface area contributed by atoms with Gasteiger partial charge >= 0.3 is 5.97 Å². The number of fused-ring (bicyclic) bond motifs is 5. The Balaban J connectivity index is 1.48. The maximum atomic E-state index is 12.6. The van der Waals surface area contributed by atoms with Crippen LogP contribution in [0.4, 0.5) is 5.69 Å². The van der Waals surface area contributed by atoms with Crippen LogP contribution >= 0.6 is 0 Å². The third-order valence-electron chi connectivity index (χ3n) is 5.47. The number of likely N-dealkylation sites (tertiary alicyclic amines) is 1. The van der Waals surface area contributed by atoms with Crippen LogP contribution in [0.5, 0.6) is 0 Å². The molecule has 134 valence electrons. The van der Waals surface area contributed by atoms with Crippen molar-refractivity contribution in [3.63, 3.8) is 0 Å². The van der Waals surface area contributed by atoms with E-state index in [1.165, 1.54) is 13.2 Å². The van der Waals surface area contributed by atoms with Crippen LogP contribution in [-0.2, 0) is 19.1 Å². The number of methoxy groups -OCH3 is 1. The second-order valence-electron chi connectivity index (χ2n) is 6.85. The number of ether oxygens (including phenoxy) is 1. The molecule has 1 aliphatic heterocycles. The van der Waals surface area contributed by atoms with Crippen LogP contribution in [0, 0.1) is 23.7 Å². The SMILES string of the molecule is COC(=O)c1ccccc1NC(=O)CN1C(=O)[C@@H]2[C@H](C1=O)[C@@H]1C=C[C@H]2C1. The summed E-state index contributed by atoms with van der Waals surface area (Å²) in [7, 11) is 1.25. The van der Waals surface area contributed by atoms with Gasteiger partial charge in [0.25, 0.3) is 0 Å². The number of nitrogens with zero attached hydrogens (tertiary/aromatic N) is 1. The maximum absolute atomic E-state index is 12.6. The first-order valence-electron chi connectivity index (χ1n) is 8.52. The summed E-state index contributed by atoms with van der Waals surface area (Å²) in [4.78, 5) is 50.5. The highest BCUT2D eigenvalue weighted by Gasteiger charge is 2.59. The topological polar surface area (TPSA) is 92.8 Å². The van der Waals surface area contributed by atoms with E-state index in [2.05, 4.69) is 5.32 Å². The number of carbonyl (C=O) groups excluding carboxylic acids is 4. The number of amides is 3. The van der Waals surface area contributed by atoms with E-state index in [0.717, 1.165) is 11.3 Å². The van der Waals surface area contributed by atoms with Crippen molar-refractivity contribution in [1.29, 1.82) is 0 Å². The minimum Gasteiger partial charge on any atom is -0.465 e. The summed E-state index contributed by atoms with van der Waals surface area (Å²) in [5, 5.41) is 2.60. The van der Waals surface area contributed by atoms with Crippen molar-refractivity contribution >= 4 is 29.4 Å².